The Morgan fingerprint density at radius 2 is 1.89 bits per heavy atom. The third-order valence-corrected chi connectivity index (χ3v) is 4.99. The molecule has 5 N–H and O–H groups in total. The van der Waals surface area contributed by atoms with E-state index in [9.17, 15) is 20.1 Å². The van der Waals surface area contributed by atoms with Crippen LogP contribution in [0, 0.1) is 0 Å². The molecule has 0 aliphatic rings. The van der Waals surface area contributed by atoms with E-state index in [0.29, 0.717) is 28.0 Å². The number of aromatic nitrogens is 2. The third-order valence-electron chi connectivity index (χ3n) is 4.12. The Kier molecular flexibility index (Phi) is 4.17. The molecule has 27 heavy (non-hydrogen) atoms. The number of aromatic hydroxyl groups is 3. The monoisotopic (exact) mass is 381 g/mol. The number of phenolic OH excluding ortho intramolecular Hbond substituents is 3. The van der Waals surface area contributed by atoms with Crippen LogP contribution in [0.3, 0.4) is 0 Å². The van der Waals surface area contributed by atoms with Gasteiger partial charge in [0.1, 0.15) is 22.6 Å². The molecule has 2 heterocycles. The molecule has 4 aromatic rings. The zero-order valence-electron chi connectivity index (χ0n) is 13.9. The standard InChI is InChI=1S/C19H15N3O4S/c23-12-5-3-10(8-14(12)25)9-20-19(26)11-4-6-13(24)17-16(11)21-18(22-17)15-2-1-7-27-15/h1-8,23-25H,9H2,(H,20,26)(H,21,22). The van der Waals surface area contributed by atoms with Gasteiger partial charge in [-0.2, -0.15) is 0 Å². The van der Waals surface area contributed by atoms with Gasteiger partial charge in [-0.05, 0) is 41.3 Å². The van der Waals surface area contributed by atoms with Gasteiger partial charge in [0.05, 0.1) is 10.4 Å². The lowest BCUT2D eigenvalue weighted by atomic mass is 10.1. The number of rotatable bonds is 4. The van der Waals surface area contributed by atoms with Crippen molar-refractivity contribution in [1.82, 2.24) is 15.3 Å². The van der Waals surface area contributed by atoms with Gasteiger partial charge in [0.2, 0.25) is 0 Å². The van der Waals surface area contributed by atoms with Crippen molar-refractivity contribution in [3.63, 3.8) is 0 Å². The van der Waals surface area contributed by atoms with E-state index in [1.807, 2.05) is 17.5 Å². The number of hydrogen-bond acceptors (Lipinski definition) is 6. The summed E-state index contributed by atoms with van der Waals surface area (Å²) >= 11 is 1.50. The van der Waals surface area contributed by atoms with Crippen molar-refractivity contribution >= 4 is 28.3 Å². The first kappa shape index (κ1) is 16.9. The second kappa shape index (κ2) is 6.65. The molecule has 0 aliphatic carbocycles. The fraction of sp³-hybridized carbons (Fsp3) is 0.0526. The number of phenols is 3. The Hall–Kier alpha value is -3.52. The summed E-state index contributed by atoms with van der Waals surface area (Å²) in [6.07, 6.45) is 0. The summed E-state index contributed by atoms with van der Waals surface area (Å²) in [6, 6.07) is 11.1. The number of nitrogens with one attached hydrogen (secondary N) is 2. The number of carbonyl (C=O) groups is 1. The molecule has 4 rings (SSSR count). The molecule has 2 aromatic heterocycles. The van der Waals surface area contributed by atoms with Crippen LogP contribution in [-0.2, 0) is 6.54 Å². The lowest BCUT2D eigenvalue weighted by molar-refractivity contribution is 0.0952. The lowest BCUT2D eigenvalue weighted by Crippen LogP contribution is -2.23. The summed E-state index contributed by atoms with van der Waals surface area (Å²) in [5, 5.41) is 33.7. The van der Waals surface area contributed by atoms with Crippen LogP contribution in [0.25, 0.3) is 21.7 Å². The average molecular weight is 381 g/mol. The normalized spacial score (nSPS) is 11.0. The molecule has 0 bridgehead atoms. The maximum Gasteiger partial charge on any atom is 0.253 e. The number of amides is 1. The molecule has 0 spiro atoms. The molecule has 0 atom stereocenters. The minimum atomic E-state index is -0.364. The highest BCUT2D eigenvalue weighted by Gasteiger charge is 2.17. The quantitative estimate of drug-likeness (QED) is 0.348. The van der Waals surface area contributed by atoms with Crippen LogP contribution in [0.5, 0.6) is 17.2 Å². The highest BCUT2D eigenvalue weighted by atomic mass is 32.1. The van der Waals surface area contributed by atoms with Crippen LogP contribution in [-0.4, -0.2) is 31.2 Å². The third kappa shape index (κ3) is 3.18. The summed E-state index contributed by atoms with van der Waals surface area (Å²) in [4.78, 5) is 21.1. The number of imidazole rings is 1. The van der Waals surface area contributed by atoms with Crippen LogP contribution in [0.4, 0.5) is 0 Å². The molecule has 0 fully saturated rings. The SMILES string of the molecule is O=C(NCc1ccc(O)c(O)c1)c1ccc(O)c2[nH]c(-c3cccs3)nc12. The molecule has 8 heteroatoms. The molecule has 0 unspecified atom stereocenters. The molecule has 1 amide bonds. The van der Waals surface area contributed by atoms with Crippen LogP contribution in [0.1, 0.15) is 15.9 Å². The van der Waals surface area contributed by atoms with Crippen molar-refractivity contribution in [2.75, 3.05) is 0 Å². The van der Waals surface area contributed by atoms with Crippen molar-refractivity contribution < 1.29 is 20.1 Å². The van der Waals surface area contributed by atoms with Gasteiger partial charge >= 0.3 is 0 Å². The summed E-state index contributed by atoms with van der Waals surface area (Å²) < 4.78 is 0. The maximum atomic E-state index is 12.6. The number of H-pyrrole nitrogens is 1. The van der Waals surface area contributed by atoms with Gasteiger partial charge in [-0.15, -0.1) is 11.3 Å². The Balaban J connectivity index is 1.63. The summed E-state index contributed by atoms with van der Waals surface area (Å²) in [5.41, 5.74) is 1.73. The fourth-order valence-electron chi connectivity index (χ4n) is 2.75. The number of benzene rings is 2. The Morgan fingerprint density at radius 3 is 2.63 bits per heavy atom. The predicted octanol–water partition coefficient (Wildman–Crippen LogP) is 3.34. The molecular weight excluding hydrogens is 366 g/mol. The minimum Gasteiger partial charge on any atom is -0.506 e. The Bertz CT molecular complexity index is 1140. The number of aromatic amines is 1. The first-order valence-electron chi connectivity index (χ1n) is 8.07. The molecule has 0 aliphatic heterocycles. The molecular formula is C19H15N3O4S. The zero-order chi connectivity index (χ0) is 19.0. The van der Waals surface area contributed by atoms with Crippen LogP contribution in [0.15, 0.2) is 47.8 Å². The summed E-state index contributed by atoms with van der Waals surface area (Å²) in [5.74, 6) is -0.235. The zero-order valence-corrected chi connectivity index (χ0v) is 14.7. The van der Waals surface area contributed by atoms with E-state index in [2.05, 4.69) is 15.3 Å². The van der Waals surface area contributed by atoms with Crippen LogP contribution in [0.2, 0.25) is 0 Å². The van der Waals surface area contributed by atoms with Gasteiger partial charge in [-0.3, -0.25) is 4.79 Å². The maximum absolute atomic E-state index is 12.6. The van der Waals surface area contributed by atoms with E-state index in [0.717, 1.165) is 4.88 Å². The molecule has 136 valence electrons. The molecule has 2 aromatic carbocycles. The average Bonchev–Trinajstić information content (AvgIpc) is 3.32. The number of fused-ring (bicyclic) bond motifs is 1. The smallest absolute Gasteiger partial charge is 0.253 e. The van der Waals surface area contributed by atoms with Crippen molar-refractivity contribution in [1.29, 1.82) is 0 Å². The van der Waals surface area contributed by atoms with Gasteiger partial charge in [0.25, 0.3) is 5.91 Å². The van der Waals surface area contributed by atoms with E-state index in [1.165, 1.54) is 35.6 Å². The first-order chi connectivity index (χ1) is 13.0. The van der Waals surface area contributed by atoms with Crippen molar-refractivity contribution in [3.05, 3.63) is 59.0 Å². The van der Waals surface area contributed by atoms with Crippen molar-refractivity contribution in [2.45, 2.75) is 6.54 Å². The predicted molar refractivity (Wildman–Crippen MR) is 102 cm³/mol. The van der Waals surface area contributed by atoms with Gasteiger partial charge in [-0.25, -0.2) is 4.98 Å². The number of hydrogen-bond donors (Lipinski definition) is 5. The molecule has 7 nitrogen and oxygen atoms in total. The van der Waals surface area contributed by atoms with Gasteiger partial charge < -0.3 is 25.6 Å². The van der Waals surface area contributed by atoms with E-state index >= 15 is 0 Å². The lowest BCUT2D eigenvalue weighted by Gasteiger charge is -2.07. The van der Waals surface area contributed by atoms with Gasteiger partial charge in [0, 0.05) is 6.54 Å². The molecule has 0 saturated carbocycles. The van der Waals surface area contributed by atoms with E-state index in [1.54, 1.807) is 6.07 Å². The first-order valence-corrected chi connectivity index (χ1v) is 8.95. The number of nitrogens with zero attached hydrogens (tertiary/aromatic N) is 1. The van der Waals surface area contributed by atoms with Crippen molar-refractivity contribution in [3.8, 4) is 28.0 Å². The fourth-order valence-corrected chi connectivity index (χ4v) is 3.42. The summed E-state index contributed by atoms with van der Waals surface area (Å²) in [6.45, 7) is 0.164. The topological polar surface area (TPSA) is 118 Å². The van der Waals surface area contributed by atoms with Crippen LogP contribution < -0.4 is 5.32 Å². The minimum absolute atomic E-state index is 0.0142. The largest absolute Gasteiger partial charge is 0.506 e. The highest BCUT2D eigenvalue weighted by molar-refractivity contribution is 7.13. The van der Waals surface area contributed by atoms with Gasteiger partial charge in [-0.1, -0.05) is 12.1 Å². The molecule has 0 saturated heterocycles. The van der Waals surface area contributed by atoms with Crippen LogP contribution >= 0.6 is 11.3 Å². The Labute approximate surface area is 157 Å². The second-order valence-electron chi connectivity index (χ2n) is 5.92. The van der Waals surface area contributed by atoms with Crippen molar-refractivity contribution in [2.24, 2.45) is 0 Å². The second-order valence-corrected chi connectivity index (χ2v) is 6.87. The highest BCUT2D eigenvalue weighted by Crippen LogP contribution is 2.31. The number of carbonyl (C=O) groups excluding carboxylic acids is 1. The van der Waals surface area contributed by atoms with E-state index in [-0.39, 0.29) is 29.7 Å². The Morgan fingerprint density at radius 1 is 1.07 bits per heavy atom. The van der Waals surface area contributed by atoms with E-state index in [4.69, 9.17) is 0 Å². The van der Waals surface area contributed by atoms with E-state index < -0.39 is 0 Å². The summed E-state index contributed by atoms with van der Waals surface area (Å²) in [7, 11) is 0. The number of thiophene rings is 1. The molecule has 0 radical (unpaired) electrons. The van der Waals surface area contributed by atoms with Gasteiger partial charge in [0.15, 0.2) is 11.5 Å².